The fourth-order valence-electron chi connectivity index (χ4n) is 3.16. The largest absolute Gasteiger partial charge is 0.379 e. The maximum atomic E-state index is 12.9. The molecule has 1 aliphatic rings. The third kappa shape index (κ3) is 4.22. The number of halogens is 1. The molecule has 1 fully saturated rings. The molecule has 0 bridgehead atoms. The number of morpholine rings is 1. The number of para-hydroxylation sites is 1. The van der Waals surface area contributed by atoms with Crippen LogP contribution in [0.1, 0.15) is 28.4 Å². The first-order valence-corrected chi connectivity index (χ1v) is 10.9. The zero-order chi connectivity index (χ0) is 20.3. The summed E-state index contributed by atoms with van der Waals surface area (Å²) in [6, 6.07) is 10.1. The predicted octanol–water partition coefficient (Wildman–Crippen LogP) is 3.48. The maximum absolute atomic E-state index is 12.9. The van der Waals surface area contributed by atoms with Gasteiger partial charge in [-0.3, -0.25) is 4.79 Å². The van der Waals surface area contributed by atoms with E-state index < -0.39 is 10.0 Å². The molecule has 0 aliphatic carbocycles. The maximum Gasteiger partial charge on any atom is 0.255 e. The van der Waals surface area contributed by atoms with Gasteiger partial charge in [-0.05, 0) is 42.7 Å². The molecule has 0 saturated carbocycles. The van der Waals surface area contributed by atoms with E-state index in [0.29, 0.717) is 13.2 Å². The lowest BCUT2D eigenvalue weighted by Crippen LogP contribution is -2.40. The lowest BCUT2D eigenvalue weighted by molar-refractivity contribution is 0.0730. The molecule has 28 heavy (non-hydrogen) atoms. The molecule has 0 aromatic heterocycles. The summed E-state index contributed by atoms with van der Waals surface area (Å²) in [6.07, 6.45) is 0.772. The monoisotopic (exact) mass is 422 g/mol. The van der Waals surface area contributed by atoms with Crippen molar-refractivity contribution in [3.05, 3.63) is 58.1 Å². The molecule has 0 spiro atoms. The van der Waals surface area contributed by atoms with Crippen LogP contribution in [0.3, 0.4) is 0 Å². The first-order chi connectivity index (χ1) is 13.3. The Morgan fingerprint density at radius 3 is 2.61 bits per heavy atom. The molecule has 2 aromatic rings. The van der Waals surface area contributed by atoms with E-state index in [1.165, 1.54) is 22.5 Å². The number of anilines is 1. The van der Waals surface area contributed by atoms with Crippen molar-refractivity contribution in [3.63, 3.8) is 0 Å². The molecular weight excluding hydrogens is 400 g/mol. The molecule has 0 radical (unpaired) electrons. The fourth-order valence-corrected chi connectivity index (χ4v) is 5.06. The second-order valence-corrected chi connectivity index (χ2v) is 8.89. The number of hydrogen-bond donors (Lipinski definition) is 1. The number of nitrogens with zero attached hydrogens (tertiary/aromatic N) is 1. The number of benzene rings is 2. The quantitative estimate of drug-likeness (QED) is 0.800. The number of sulfonamides is 1. The van der Waals surface area contributed by atoms with Crippen molar-refractivity contribution < 1.29 is 17.9 Å². The Balaban J connectivity index is 1.92. The molecule has 0 atom stereocenters. The lowest BCUT2D eigenvalue weighted by Gasteiger charge is -2.26. The predicted molar refractivity (Wildman–Crippen MR) is 110 cm³/mol. The number of aryl methyl sites for hydroxylation is 2. The van der Waals surface area contributed by atoms with Crippen molar-refractivity contribution in [1.82, 2.24) is 4.31 Å². The molecular formula is C20H23ClN2O4S. The van der Waals surface area contributed by atoms with Gasteiger partial charge in [0, 0.05) is 24.3 Å². The number of amides is 1. The average molecular weight is 423 g/mol. The Morgan fingerprint density at radius 2 is 1.93 bits per heavy atom. The van der Waals surface area contributed by atoms with E-state index in [2.05, 4.69) is 5.32 Å². The SMILES string of the molecule is CCc1cccc(C)c1NC(=O)c1ccc(Cl)c(S(=O)(=O)N2CCOCC2)c1. The molecule has 8 heteroatoms. The Bertz CT molecular complexity index is 986. The van der Waals surface area contributed by atoms with Crippen LogP contribution in [0.4, 0.5) is 5.69 Å². The molecule has 2 aromatic carbocycles. The molecule has 1 aliphatic heterocycles. The highest BCUT2D eigenvalue weighted by Gasteiger charge is 2.29. The minimum Gasteiger partial charge on any atom is -0.379 e. The van der Waals surface area contributed by atoms with Crippen LogP contribution in [0, 0.1) is 6.92 Å². The summed E-state index contributed by atoms with van der Waals surface area (Å²) in [5.74, 6) is -0.376. The highest BCUT2D eigenvalue weighted by molar-refractivity contribution is 7.89. The molecule has 1 heterocycles. The van der Waals surface area contributed by atoms with E-state index in [-0.39, 0.29) is 34.5 Å². The van der Waals surface area contributed by atoms with E-state index in [0.717, 1.165) is 23.2 Å². The minimum absolute atomic E-state index is 0.0655. The molecule has 6 nitrogen and oxygen atoms in total. The first-order valence-electron chi connectivity index (χ1n) is 9.12. The van der Waals surface area contributed by atoms with Gasteiger partial charge in [0.25, 0.3) is 5.91 Å². The van der Waals surface area contributed by atoms with Crippen LogP contribution in [0.25, 0.3) is 0 Å². The number of ether oxygens (including phenoxy) is 1. The zero-order valence-electron chi connectivity index (χ0n) is 15.9. The van der Waals surface area contributed by atoms with E-state index in [9.17, 15) is 13.2 Å². The highest BCUT2D eigenvalue weighted by Crippen LogP contribution is 2.28. The summed E-state index contributed by atoms with van der Waals surface area (Å²) in [6.45, 7) is 5.13. The molecule has 1 amide bonds. The Morgan fingerprint density at radius 1 is 1.21 bits per heavy atom. The van der Waals surface area contributed by atoms with Crippen LogP contribution < -0.4 is 5.32 Å². The zero-order valence-corrected chi connectivity index (χ0v) is 17.4. The number of carbonyl (C=O) groups is 1. The molecule has 3 rings (SSSR count). The minimum atomic E-state index is -3.80. The van der Waals surface area contributed by atoms with Crippen molar-refractivity contribution in [2.45, 2.75) is 25.2 Å². The Hall–Kier alpha value is -1.93. The van der Waals surface area contributed by atoms with Crippen molar-refractivity contribution in [1.29, 1.82) is 0 Å². The van der Waals surface area contributed by atoms with E-state index >= 15 is 0 Å². The average Bonchev–Trinajstić information content (AvgIpc) is 2.70. The van der Waals surface area contributed by atoms with E-state index in [1.807, 2.05) is 32.0 Å². The normalized spacial score (nSPS) is 15.4. The van der Waals surface area contributed by atoms with Gasteiger partial charge in [0.15, 0.2) is 0 Å². The van der Waals surface area contributed by atoms with Gasteiger partial charge >= 0.3 is 0 Å². The van der Waals surface area contributed by atoms with Crippen LogP contribution in [0.5, 0.6) is 0 Å². The van der Waals surface area contributed by atoms with Crippen molar-refractivity contribution in [2.24, 2.45) is 0 Å². The summed E-state index contributed by atoms with van der Waals surface area (Å²) in [7, 11) is -3.80. The summed E-state index contributed by atoms with van der Waals surface area (Å²) in [5.41, 5.74) is 2.95. The summed E-state index contributed by atoms with van der Waals surface area (Å²) >= 11 is 6.17. The van der Waals surface area contributed by atoms with Gasteiger partial charge < -0.3 is 10.1 Å². The Kier molecular flexibility index (Phi) is 6.40. The van der Waals surface area contributed by atoms with Crippen molar-refractivity contribution >= 4 is 33.2 Å². The third-order valence-electron chi connectivity index (χ3n) is 4.76. The second-order valence-electron chi connectivity index (χ2n) is 6.58. The van der Waals surface area contributed by atoms with Crippen molar-refractivity contribution in [2.75, 3.05) is 31.6 Å². The lowest BCUT2D eigenvalue weighted by atomic mass is 10.1. The molecule has 0 unspecified atom stereocenters. The van der Waals surface area contributed by atoms with E-state index in [4.69, 9.17) is 16.3 Å². The molecule has 1 saturated heterocycles. The second kappa shape index (κ2) is 8.61. The van der Waals surface area contributed by atoms with Gasteiger partial charge in [-0.2, -0.15) is 4.31 Å². The van der Waals surface area contributed by atoms with E-state index in [1.54, 1.807) is 0 Å². The van der Waals surface area contributed by atoms with Gasteiger partial charge in [-0.1, -0.05) is 36.7 Å². The fraction of sp³-hybridized carbons (Fsp3) is 0.350. The number of hydrogen-bond acceptors (Lipinski definition) is 4. The number of rotatable bonds is 5. The van der Waals surface area contributed by atoms with Gasteiger partial charge in [0.2, 0.25) is 10.0 Å². The smallest absolute Gasteiger partial charge is 0.255 e. The Labute approximate surface area is 170 Å². The standard InChI is InChI=1S/C20H23ClN2O4S/c1-3-15-6-4-5-14(2)19(15)22-20(24)16-7-8-17(21)18(13-16)28(25,26)23-9-11-27-12-10-23/h4-8,13H,3,9-12H2,1-2H3,(H,22,24). The summed E-state index contributed by atoms with van der Waals surface area (Å²) in [4.78, 5) is 12.8. The van der Waals surface area contributed by atoms with Gasteiger partial charge in [-0.15, -0.1) is 0 Å². The third-order valence-corrected chi connectivity index (χ3v) is 7.14. The summed E-state index contributed by atoms with van der Waals surface area (Å²) in [5, 5.41) is 3.00. The van der Waals surface area contributed by atoms with Crippen LogP contribution in [0.15, 0.2) is 41.3 Å². The molecule has 150 valence electrons. The topological polar surface area (TPSA) is 75.7 Å². The van der Waals surface area contributed by atoms with Crippen LogP contribution in [0.2, 0.25) is 5.02 Å². The van der Waals surface area contributed by atoms with Gasteiger partial charge in [0.05, 0.1) is 18.2 Å². The number of nitrogens with one attached hydrogen (secondary N) is 1. The van der Waals surface area contributed by atoms with Crippen LogP contribution >= 0.6 is 11.6 Å². The summed E-state index contributed by atoms with van der Waals surface area (Å²) < 4.78 is 32.4. The highest BCUT2D eigenvalue weighted by atomic mass is 35.5. The first kappa shape index (κ1) is 20.8. The number of carbonyl (C=O) groups excluding carboxylic acids is 1. The van der Waals surface area contributed by atoms with Gasteiger partial charge in [-0.25, -0.2) is 8.42 Å². The molecule has 1 N–H and O–H groups in total. The van der Waals surface area contributed by atoms with Crippen molar-refractivity contribution in [3.8, 4) is 0 Å². The van der Waals surface area contributed by atoms with Crippen LogP contribution in [-0.4, -0.2) is 44.9 Å². The van der Waals surface area contributed by atoms with Crippen LogP contribution in [-0.2, 0) is 21.2 Å². The van der Waals surface area contributed by atoms with Gasteiger partial charge in [0.1, 0.15) is 4.90 Å².